The average Bonchev–Trinajstić information content (AvgIpc) is 2.71. The fourth-order valence-electron chi connectivity index (χ4n) is 2.79. The molecule has 1 unspecified atom stereocenters. The summed E-state index contributed by atoms with van der Waals surface area (Å²) in [7, 11) is -3.42. The lowest BCUT2D eigenvalue weighted by molar-refractivity contribution is 0.166. The van der Waals surface area contributed by atoms with Crippen LogP contribution in [0.1, 0.15) is 31.4 Å². The molecule has 0 fully saturated rings. The van der Waals surface area contributed by atoms with Crippen molar-refractivity contribution in [3.63, 3.8) is 0 Å². The Balaban J connectivity index is 1.92. The first-order valence-corrected chi connectivity index (χ1v) is 11.4. The van der Waals surface area contributed by atoms with Crippen LogP contribution in [0.25, 0.3) is 0 Å². The Kier molecular flexibility index (Phi) is 8.61. The van der Waals surface area contributed by atoms with Crippen LogP contribution in [0.4, 0.5) is 8.78 Å². The topological polar surface area (TPSA) is 61.8 Å². The summed E-state index contributed by atoms with van der Waals surface area (Å²) in [6, 6.07) is 15.0. The van der Waals surface area contributed by atoms with Crippen molar-refractivity contribution in [3.8, 4) is 11.5 Å². The molecule has 0 N–H and O–H groups in total. The summed E-state index contributed by atoms with van der Waals surface area (Å²) in [5.74, 6) is 1.18. The molecule has 0 heterocycles. The number of alkyl halides is 2. The molecule has 166 valence electrons. The first kappa shape index (κ1) is 24.1. The number of ether oxygens (including phenoxy) is 2. The molecule has 0 bridgehead atoms. The van der Waals surface area contributed by atoms with Crippen molar-refractivity contribution in [1.82, 2.24) is 0 Å². The lowest BCUT2D eigenvalue weighted by Gasteiger charge is -2.26. The first-order valence-electron chi connectivity index (χ1n) is 9.63. The van der Waals surface area contributed by atoms with Gasteiger partial charge in [-0.05, 0) is 35.4 Å². The predicted molar refractivity (Wildman–Crippen MR) is 112 cm³/mol. The van der Waals surface area contributed by atoms with Crippen LogP contribution in [0.3, 0.4) is 0 Å². The number of benzene rings is 2. The van der Waals surface area contributed by atoms with Gasteiger partial charge in [0.25, 0.3) is 10.1 Å². The molecule has 2 rings (SSSR count). The highest BCUT2D eigenvalue weighted by atomic mass is 32.2. The minimum absolute atomic E-state index is 0.0867. The molecule has 0 amide bonds. The van der Waals surface area contributed by atoms with Crippen LogP contribution in [0.5, 0.6) is 11.5 Å². The minimum atomic E-state index is -3.42. The molecule has 2 aromatic carbocycles. The van der Waals surface area contributed by atoms with Crippen molar-refractivity contribution in [2.24, 2.45) is 0 Å². The Morgan fingerprint density at radius 2 is 1.40 bits per heavy atom. The molecule has 0 saturated heterocycles. The summed E-state index contributed by atoms with van der Waals surface area (Å²) in [5, 5.41) is 0. The summed E-state index contributed by atoms with van der Waals surface area (Å²) in [4.78, 5) is 0. The smallest absolute Gasteiger partial charge is 0.264 e. The van der Waals surface area contributed by atoms with Gasteiger partial charge in [-0.2, -0.15) is 8.42 Å². The summed E-state index contributed by atoms with van der Waals surface area (Å²) in [5.41, 5.74) is 1.83. The van der Waals surface area contributed by atoms with Gasteiger partial charge in [0.1, 0.15) is 24.8 Å². The van der Waals surface area contributed by atoms with Gasteiger partial charge in [0.15, 0.2) is 6.17 Å². The van der Waals surface area contributed by atoms with Crippen LogP contribution >= 0.6 is 0 Å². The molecular weight excluding hydrogens is 414 g/mol. The van der Waals surface area contributed by atoms with Crippen LogP contribution in [0.15, 0.2) is 48.5 Å². The second-order valence-corrected chi connectivity index (χ2v) is 9.11. The largest absolute Gasteiger partial charge is 0.494 e. The van der Waals surface area contributed by atoms with Gasteiger partial charge >= 0.3 is 0 Å². The van der Waals surface area contributed by atoms with E-state index in [-0.39, 0.29) is 18.6 Å². The molecule has 30 heavy (non-hydrogen) atoms. The number of halogens is 2. The molecule has 0 saturated carbocycles. The lowest BCUT2D eigenvalue weighted by atomic mass is 9.78. The van der Waals surface area contributed by atoms with Crippen molar-refractivity contribution >= 4 is 10.1 Å². The van der Waals surface area contributed by atoms with Crippen molar-refractivity contribution < 1.29 is 30.9 Å². The third-order valence-corrected chi connectivity index (χ3v) is 5.20. The molecule has 0 radical (unpaired) electrons. The van der Waals surface area contributed by atoms with Crippen molar-refractivity contribution in [2.45, 2.75) is 31.9 Å². The van der Waals surface area contributed by atoms with Crippen LogP contribution < -0.4 is 9.47 Å². The van der Waals surface area contributed by atoms with Crippen molar-refractivity contribution in [2.75, 3.05) is 32.8 Å². The maximum Gasteiger partial charge on any atom is 0.264 e. The normalized spacial score (nSPS) is 13.1. The van der Waals surface area contributed by atoms with E-state index >= 15 is 0 Å². The zero-order valence-electron chi connectivity index (χ0n) is 17.4. The van der Waals surface area contributed by atoms with Gasteiger partial charge in [0, 0.05) is 11.8 Å². The standard InChI is InChI=1S/C22H28F2O5S/c1-22(2,18-7-11-21(12-8-18)28-16-19(24)15-23)17-5-9-20(10-6-17)27-13-4-14-29-30(3,25)26/h5-12,19H,4,13-16H2,1-3H3. The predicted octanol–water partition coefficient (Wildman–Crippen LogP) is 4.44. The zero-order valence-corrected chi connectivity index (χ0v) is 18.3. The zero-order chi connectivity index (χ0) is 22.2. The highest BCUT2D eigenvalue weighted by molar-refractivity contribution is 7.85. The van der Waals surface area contributed by atoms with Gasteiger partial charge in [-0.1, -0.05) is 38.1 Å². The van der Waals surface area contributed by atoms with Gasteiger partial charge < -0.3 is 9.47 Å². The van der Waals surface area contributed by atoms with E-state index in [9.17, 15) is 17.2 Å². The van der Waals surface area contributed by atoms with Gasteiger partial charge in [-0.25, -0.2) is 8.78 Å². The second-order valence-electron chi connectivity index (χ2n) is 7.46. The summed E-state index contributed by atoms with van der Waals surface area (Å²) in [6.45, 7) is 3.25. The van der Waals surface area contributed by atoms with E-state index in [0.717, 1.165) is 17.4 Å². The Bertz CT molecular complexity index is 881. The number of rotatable bonds is 12. The van der Waals surface area contributed by atoms with E-state index in [1.807, 2.05) is 36.4 Å². The quantitative estimate of drug-likeness (QED) is 0.359. The molecule has 8 heteroatoms. The molecule has 0 aliphatic carbocycles. The molecule has 1 atom stereocenters. The van der Waals surface area contributed by atoms with E-state index in [2.05, 4.69) is 18.0 Å². The minimum Gasteiger partial charge on any atom is -0.494 e. The maximum absolute atomic E-state index is 13.0. The molecule has 0 spiro atoms. The average molecular weight is 443 g/mol. The summed E-state index contributed by atoms with van der Waals surface area (Å²) < 4.78 is 62.5. The number of hydrogen-bond donors (Lipinski definition) is 0. The first-order chi connectivity index (χ1) is 14.1. The fraction of sp³-hybridized carbons (Fsp3) is 0.455. The molecule has 0 aromatic heterocycles. The van der Waals surface area contributed by atoms with E-state index in [4.69, 9.17) is 9.47 Å². The molecule has 2 aromatic rings. The van der Waals surface area contributed by atoms with Crippen LogP contribution in [-0.4, -0.2) is 47.3 Å². The third kappa shape index (κ3) is 7.57. The molecule has 0 aliphatic heterocycles. The SMILES string of the molecule is CC(C)(c1ccc(OCCCOS(C)(=O)=O)cc1)c1ccc(OCC(F)CF)cc1. The van der Waals surface area contributed by atoms with Crippen LogP contribution in [0.2, 0.25) is 0 Å². The molecule has 0 aliphatic rings. The van der Waals surface area contributed by atoms with Gasteiger partial charge in [-0.3, -0.25) is 4.18 Å². The Morgan fingerprint density at radius 1 is 0.900 bits per heavy atom. The lowest BCUT2D eigenvalue weighted by Crippen LogP contribution is -2.19. The monoisotopic (exact) mass is 442 g/mol. The van der Waals surface area contributed by atoms with Gasteiger partial charge in [-0.15, -0.1) is 0 Å². The highest BCUT2D eigenvalue weighted by Crippen LogP contribution is 2.33. The van der Waals surface area contributed by atoms with E-state index in [0.29, 0.717) is 24.5 Å². The van der Waals surface area contributed by atoms with Crippen LogP contribution in [-0.2, 0) is 19.7 Å². The van der Waals surface area contributed by atoms with Gasteiger partial charge in [0.2, 0.25) is 0 Å². The maximum atomic E-state index is 13.0. The number of hydrogen-bond acceptors (Lipinski definition) is 5. The summed E-state index contributed by atoms with van der Waals surface area (Å²) in [6.07, 6.45) is -0.140. The Labute approximate surface area is 177 Å². The third-order valence-electron chi connectivity index (χ3n) is 4.61. The van der Waals surface area contributed by atoms with E-state index in [1.165, 1.54) is 0 Å². The van der Waals surface area contributed by atoms with Crippen molar-refractivity contribution in [1.29, 1.82) is 0 Å². The van der Waals surface area contributed by atoms with E-state index < -0.39 is 23.0 Å². The second kappa shape index (κ2) is 10.7. The Hall–Kier alpha value is -2.19. The van der Waals surface area contributed by atoms with Crippen LogP contribution in [0, 0.1) is 0 Å². The summed E-state index contributed by atoms with van der Waals surface area (Å²) >= 11 is 0. The van der Waals surface area contributed by atoms with E-state index in [1.54, 1.807) is 12.1 Å². The highest BCUT2D eigenvalue weighted by Gasteiger charge is 2.23. The molecular formula is C22H28F2O5S. The Morgan fingerprint density at radius 3 is 1.87 bits per heavy atom. The fourth-order valence-corrected chi connectivity index (χ4v) is 3.21. The molecule has 5 nitrogen and oxygen atoms in total. The van der Waals surface area contributed by atoms with Gasteiger partial charge in [0.05, 0.1) is 19.5 Å². The van der Waals surface area contributed by atoms with Crippen molar-refractivity contribution in [3.05, 3.63) is 59.7 Å².